The van der Waals surface area contributed by atoms with Gasteiger partial charge in [0.25, 0.3) is 0 Å². The minimum Gasteiger partial charge on any atom is -0.504 e. The minimum atomic E-state index is -4.66. The number of carboxylic acid groups (broad SMARTS) is 1. The van der Waals surface area contributed by atoms with E-state index in [1.54, 1.807) is 0 Å². The van der Waals surface area contributed by atoms with E-state index in [9.17, 15) is 23.1 Å². The van der Waals surface area contributed by atoms with Gasteiger partial charge in [-0.25, -0.2) is 0 Å². The van der Waals surface area contributed by atoms with Crippen molar-refractivity contribution < 1.29 is 32.9 Å². The number of hydrogen-bond acceptors (Lipinski definition) is 3. The van der Waals surface area contributed by atoms with E-state index in [2.05, 4.69) is 0 Å². The minimum absolute atomic E-state index is 0.122. The van der Waals surface area contributed by atoms with Crippen LogP contribution in [0.15, 0.2) is 12.1 Å². The second kappa shape index (κ2) is 5.16. The lowest BCUT2D eigenvalue weighted by Gasteiger charge is -2.15. The molecule has 0 saturated heterocycles. The van der Waals surface area contributed by atoms with E-state index < -0.39 is 41.9 Å². The molecule has 7 heteroatoms. The summed E-state index contributed by atoms with van der Waals surface area (Å²) in [5.74, 6) is -2.04. The zero-order valence-electron chi connectivity index (χ0n) is 9.41. The van der Waals surface area contributed by atoms with Gasteiger partial charge in [0.05, 0.1) is 12.7 Å². The largest absolute Gasteiger partial charge is 0.504 e. The molecule has 1 aromatic carbocycles. The Hall–Kier alpha value is -1.92. The average Bonchev–Trinajstić information content (AvgIpc) is 2.25. The first-order valence-corrected chi connectivity index (χ1v) is 4.95. The summed E-state index contributed by atoms with van der Waals surface area (Å²) in [5.41, 5.74) is -1.52. The maximum Gasteiger partial charge on any atom is 0.416 e. The van der Waals surface area contributed by atoms with Crippen LogP contribution in [0.2, 0.25) is 0 Å². The third kappa shape index (κ3) is 3.06. The Labute approximate surface area is 101 Å². The number of alkyl halides is 3. The van der Waals surface area contributed by atoms with E-state index in [-0.39, 0.29) is 5.75 Å². The summed E-state index contributed by atoms with van der Waals surface area (Å²) >= 11 is 0. The number of halogens is 3. The molecule has 0 bridgehead atoms. The van der Waals surface area contributed by atoms with Crippen LogP contribution < -0.4 is 4.74 Å². The Morgan fingerprint density at radius 2 is 2.00 bits per heavy atom. The van der Waals surface area contributed by atoms with Gasteiger partial charge in [-0.1, -0.05) is 0 Å². The molecule has 0 aromatic heterocycles. The molecule has 100 valence electrons. The van der Waals surface area contributed by atoms with Gasteiger partial charge in [-0.3, -0.25) is 4.79 Å². The lowest BCUT2D eigenvalue weighted by Crippen LogP contribution is -2.11. The standard InChI is InChI=1S/C11H11F3O4/c1-18-8-4-3-7(11(12,13)14)6(10(8)17)2-5-9(15)16/h3-4,17H,2,5H2,1H3,(H,15,16). The molecule has 0 fully saturated rings. The fourth-order valence-electron chi connectivity index (χ4n) is 1.53. The van der Waals surface area contributed by atoms with Crippen molar-refractivity contribution in [1.82, 2.24) is 0 Å². The Kier molecular flexibility index (Phi) is 4.05. The number of aromatic hydroxyl groups is 1. The van der Waals surface area contributed by atoms with Gasteiger partial charge in [0.1, 0.15) is 0 Å². The van der Waals surface area contributed by atoms with Gasteiger partial charge in [-0.15, -0.1) is 0 Å². The summed E-state index contributed by atoms with van der Waals surface area (Å²) in [4.78, 5) is 10.4. The molecule has 4 nitrogen and oxygen atoms in total. The molecule has 0 radical (unpaired) electrons. The Balaban J connectivity index is 3.26. The van der Waals surface area contributed by atoms with Crippen LogP contribution in [0.3, 0.4) is 0 Å². The highest BCUT2D eigenvalue weighted by Gasteiger charge is 2.35. The Morgan fingerprint density at radius 1 is 1.39 bits per heavy atom. The zero-order chi connectivity index (χ0) is 13.9. The number of methoxy groups -OCH3 is 1. The summed E-state index contributed by atoms with van der Waals surface area (Å²) in [6.07, 6.45) is -5.59. The van der Waals surface area contributed by atoms with Crippen LogP contribution in [0.1, 0.15) is 17.5 Å². The molecule has 2 N–H and O–H groups in total. The van der Waals surface area contributed by atoms with Gasteiger partial charge in [0.15, 0.2) is 11.5 Å². The number of benzene rings is 1. The molecule has 0 aliphatic rings. The zero-order valence-corrected chi connectivity index (χ0v) is 9.41. The van der Waals surface area contributed by atoms with Crippen molar-refractivity contribution >= 4 is 5.97 Å². The third-order valence-corrected chi connectivity index (χ3v) is 2.36. The van der Waals surface area contributed by atoms with Crippen molar-refractivity contribution in [3.8, 4) is 11.5 Å². The summed E-state index contributed by atoms with van der Waals surface area (Å²) in [7, 11) is 1.20. The first-order valence-electron chi connectivity index (χ1n) is 4.95. The smallest absolute Gasteiger partial charge is 0.416 e. The van der Waals surface area contributed by atoms with Gasteiger partial charge >= 0.3 is 12.1 Å². The summed E-state index contributed by atoms with van der Waals surface area (Å²) in [5, 5.41) is 18.1. The van der Waals surface area contributed by atoms with Crippen molar-refractivity contribution in [3.05, 3.63) is 23.3 Å². The highest BCUT2D eigenvalue weighted by molar-refractivity contribution is 5.67. The molecule has 18 heavy (non-hydrogen) atoms. The van der Waals surface area contributed by atoms with Crippen LogP contribution in [0, 0.1) is 0 Å². The maximum atomic E-state index is 12.7. The number of carboxylic acids is 1. The third-order valence-electron chi connectivity index (χ3n) is 2.36. The van der Waals surface area contributed by atoms with Crippen LogP contribution in [0.4, 0.5) is 13.2 Å². The van der Waals surface area contributed by atoms with Gasteiger partial charge in [0.2, 0.25) is 0 Å². The molecule has 0 heterocycles. The lowest BCUT2D eigenvalue weighted by molar-refractivity contribution is -0.140. The Morgan fingerprint density at radius 3 is 2.44 bits per heavy atom. The SMILES string of the molecule is COc1ccc(C(F)(F)F)c(CCC(=O)O)c1O. The van der Waals surface area contributed by atoms with E-state index in [1.807, 2.05) is 0 Å². The topological polar surface area (TPSA) is 66.8 Å². The number of carbonyl (C=O) groups is 1. The van der Waals surface area contributed by atoms with Crippen molar-refractivity contribution in [2.24, 2.45) is 0 Å². The van der Waals surface area contributed by atoms with Crippen LogP contribution >= 0.6 is 0 Å². The second-order valence-corrected chi connectivity index (χ2v) is 3.53. The van der Waals surface area contributed by atoms with Crippen molar-refractivity contribution in [3.63, 3.8) is 0 Å². The van der Waals surface area contributed by atoms with Crippen LogP contribution in [-0.2, 0) is 17.4 Å². The molecule has 0 amide bonds. The summed E-state index contributed by atoms with van der Waals surface area (Å²) in [6, 6.07) is 1.75. The normalized spacial score (nSPS) is 11.3. The Bertz CT molecular complexity index is 454. The maximum absolute atomic E-state index is 12.7. The lowest BCUT2D eigenvalue weighted by atomic mass is 10.0. The van der Waals surface area contributed by atoms with Gasteiger partial charge < -0.3 is 14.9 Å². The van der Waals surface area contributed by atoms with Crippen LogP contribution in [0.25, 0.3) is 0 Å². The molecule has 0 saturated carbocycles. The first-order chi connectivity index (χ1) is 8.27. The molecule has 0 unspecified atom stereocenters. The number of aliphatic carboxylic acids is 1. The first kappa shape index (κ1) is 14.1. The predicted molar refractivity (Wildman–Crippen MR) is 55.6 cm³/mol. The summed E-state index contributed by atoms with van der Waals surface area (Å²) in [6.45, 7) is 0. The quantitative estimate of drug-likeness (QED) is 0.876. The number of phenols is 1. The number of ether oxygens (including phenoxy) is 1. The molecule has 1 rings (SSSR count). The fourth-order valence-corrected chi connectivity index (χ4v) is 1.53. The second-order valence-electron chi connectivity index (χ2n) is 3.53. The predicted octanol–water partition coefficient (Wildman–Crippen LogP) is 2.44. The molecule has 0 aliphatic heterocycles. The van der Waals surface area contributed by atoms with E-state index in [1.165, 1.54) is 7.11 Å². The van der Waals surface area contributed by atoms with E-state index in [0.29, 0.717) is 0 Å². The fraction of sp³-hybridized carbons (Fsp3) is 0.364. The molecular weight excluding hydrogens is 253 g/mol. The number of hydrogen-bond donors (Lipinski definition) is 2. The van der Waals surface area contributed by atoms with Gasteiger partial charge in [-0.2, -0.15) is 13.2 Å². The number of phenolic OH excluding ortho intramolecular Hbond substituents is 1. The molecular formula is C11H11F3O4. The van der Waals surface area contributed by atoms with Gasteiger partial charge in [0, 0.05) is 12.0 Å². The van der Waals surface area contributed by atoms with Crippen molar-refractivity contribution in [1.29, 1.82) is 0 Å². The summed E-state index contributed by atoms with van der Waals surface area (Å²) < 4.78 is 42.8. The average molecular weight is 264 g/mol. The molecule has 0 aliphatic carbocycles. The highest BCUT2D eigenvalue weighted by atomic mass is 19.4. The van der Waals surface area contributed by atoms with Crippen molar-refractivity contribution in [2.75, 3.05) is 7.11 Å². The highest BCUT2D eigenvalue weighted by Crippen LogP contribution is 2.40. The van der Waals surface area contributed by atoms with Crippen LogP contribution in [-0.4, -0.2) is 23.3 Å². The van der Waals surface area contributed by atoms with E-state index in [0.717, 1.165) is 12.1 Å². The molecule has 0 atom stereocenters. The molecule has 0 spiro atoms. The van der Waals surface area contributed by atoms with Gasteiger partial charge in [-0.05, 0) is 18.6 Å². The van der Waals surface area contributed by atoms with Crippen LogP contribution in [0.5, 0.6) is 11.5 Å². The monoisotopic (exact) mass is 264 g/mol. The van der Waals surface area contributed by atoms with E-state index >= 15 is 0 Å². The molecule has 1 aromatic rings. The van der Waals surface area contributed by atoms with E-state index in [4.69, 9.17) is 9.84 Å². The number of rotatable bonds is 4. The van der Waals surface area contributed by atoms with Crippen molar-refractivity contribution in [2.45, 2.75) is 19.0 Å².